The van der Waals surface area contributed by atoms with Gasteiger partial charge in [0.2, 0.25) is 5.91 Å². The van der Waals surface area contributed by atoms with Crippen molar-refractivity contribution in [3.63, 3.8) is 0 Å². The lowest BCUT2D eigenvalue weighted by atomic mass is 9.79. The highest BCUT2D eigenvalue weighted by Gasteiger charge is 2.38. The first kappa shape index (κ1) is 13.8. The van der Waals surface area contributed by atoms with Crippen LogP contribution in [0.25, 0.3) is 0 Å². The molecule has 0 aromatic carbocycles. The van der Waals surface area contributed by atoms with Crippen LogP contribution in [-0.4, -0.2) is 30.7 Å². The third-order valence-corrected chi connectivity index (χ3v) is 4.59. The minimum absolute atomic E-state index is 0.0252. The van der Waals surface area contributed by atoms with Gasteiger partial charge in [0.15, 0.2) is 0 Å². The normalized spacial score (nSPS) is 36.1. The smallest absolute Gasteiger partial charge is 0.240 e. The molecular formula is C14H26N2O2. The first-order valence-corrected chi connectivity index (χ1v) is 7.19. The summed E-state index contributed by atoms with van der Waals surface area (Å²) in [6.07, 6.45) is 4.76. The zero-order valence-corrected chi connectivity index (χ0v) is 11.6. The van der Waals surface area contributed by atoms with Crippen molar-refractivity contribution in [2.24, 2.45) is 17.6 Å². The number of nitrogens with two attached hydrogens (primary N) is 1. The van der Waals surface area contributed by atoms with Crippen LogP contribution in [0.1, 0.15) is 46.0 Å². The zero-order chi connectivity index (χ0) is 13.2. The fourth-order valence-electron chi connectivity index (χ4n) is 3.15. The lowest BCUT2D eigenvalue weighted by molar-refractivity contribution is -0.131. The topological polar surface area (TPSA) is 64.4 Å². The number of hydrogen-bond acceptors (Lipinski definition) is 3. The highest BCUT2D eigenvalue weighted by atomic mass is 16.5. The van der Waals surface area contributed by atoms with Crippen LogP contribution in [0.4, 0.5) is 0 Å². The Kier molecular flexibility index (Phi) is 4.28. The highest BCUT2D eigenvalue weighted by Crippen LogP contribution is 2.29. The molecule has 1 aliphatic carbocycles. The monoisotopic (exact) mass is 254 g/mol. The maximum absolute atomic E-state index is 12.3. The van der Waals surface area contributed by atoms with Gasteiger partial charge < -0.3 is 15.8 Å². The van der Waals surface area contributed by atoms with Crippen molar-refractivity contribution in [3.05, 3.63) is 0 Å². The van der Waals surface area contributed by atoms with Gasteiger partial charge in [-0.15, -0.1) is 0 Å². The number of hydrogen-bond donors (Lipinski definition) is 2. The van der Waals surface area contributed by atoms with E-state index in [4.69, 9.17) is 10.5 Å². The maximum Gasteiger partial charge on any atom is 0.240 e. The van der Waals surface area contributed by atoms with Crippen LogP contribution in [-0.2, 0) is 9.53 Å². The van der Waals surface area contributed by atoms with E-state index in [9.17, 15) is 4.79 Å². The number of nitrogens with one attached hydrogen (secondary N) is 1. The van der Waals surface area contributed by atoms with E-state index in [1.54, 1.807) is 0 Å². The molecule has 1 heterocycles. The van der Waals surface area contributed by atoms with Gasteiger partial charge in [0.25, 0.3) is 0 Å². The molecule has 0 aromatic rings. The minimum atomic E-state index is -0.707. The van der Waals surface area contributed by atoms with Gasteiger partial charge in [-0.3, -0.25) is 4.79 Å². The van der Waals surface area contributed by atoms with Crippen LogP contribution in [0.3, 0.4) is 0 Å². The van der Waals surface area contributed by atoms with Gasteiger partial charge in [-0.05, 0) is 43.9 Å². The molecule has 4 nitrogen and oxygen atoms in total. The van der Waals surface area contributed by atoms with Crippen molar-refractivity contribution in [2.45, 2.75) is 57.5 Å². The minimum Gasteiger partial charge on any atom is -0.381 e. The second kappa shape index (κ2) is 5.57. The Labute approximate surface area is 110 Å². The first-order chi connectivity index (χ1) is 8.51. The Hall–Kier alpha value is -0.610. The van der Waals surface area contributed by atoms with Crippen LogP contribution in [0.15, 0.2) is 0 Å². The van der Waals surface area contributed by atoms with Crippen molar-refractivity contribution in [1.82, 2.24) is 5.32 Å². The summed E-state index contributed by atoms with van der Waals surface area (Å²) in [6.45, 7) is 5.72. The number of rotatable bonds is 2. The number of ether oxygens (including phenoxy) is 1. The van der Waals surface area contributed by atoms with E-state index in [0.717, 1.165) is 12.3 Å². The molecule has 0 aromatic heterocycles. The molecule has 3 atom stereocenters. The van der Waals surface area contributed by atoms with Gasteiger partial charge in [-0.2, -0.15) is 0 Å². The molecular weight excluding hydrogens is 228 g/mol. The summed E-state index contributed by atoms with van der Waals surface area (Å²) < 4.78 is 5.28. The number of carbonyl (C=O) groups excluding carboxylic acids is 1. The lowest BCUT2D eigenvalue weighted by Crippen LogP contribution is -2.59. The molecule has 0 spiro atoms. The Balaban J connectivity index is 1.90. The molecule has 1 saturated carbocycles. The Morgan fingerprint density at radius 2 is 1.94 bits per heavy atom. The van der Waals surface area contributed by atoms with E-state index in [1.165, 1.54) is 12.8 Å². The van der Waals surface area contributed by atoms with E-state index >= 15 is 0 Å². The molecule has 0 radical (unpaired) electrons. The maximum atomic E-state index is 12.3. The summed E-state index contributed by atoms with van der Waals surface area (Å²) in [4.78, 5) is 12.3. The Morgan fingerprint density at radius 3 is 2.56 bits per heavy atom. The molecule has 2 aliphatic rings. The molecule has 1 aliphatic heterocycles. The number of amides is 1. The third-order valence-electron chi connectivity index (χ3n) is 4.59. The second-order valence-electron chi connectivity index (χ2n) is 6.24. The van der Waals surface area contributed by atoms with Crippen LogP contribution in [0, 0.1) is 11.8 Å². The van der Waals surface area contributed by atoms with E-state index in [-0.39, 0.29) is 5.91 Å². The van der Waals surface area contributed by atoms with Crippen molar-refractivity contribution in [2.75, 3.05) is 13.2 Å². The van der Waals surface area contributed by atoms with Gasteiger partial charge in [0.05, 0.1) is 5.54 Å². The molecule has 3 unspecified atom stereocenters. The molecule has 1 saturated heterocycles. The van der Waals surface area contributed by atoms with Crippen molar-refractivity contribution in [1.29, 1.82) is 0 Å². The standard InChI is InChI=1S/C14H26N2O2/c1-10-3-4-12(11(2)9-10)16-13(17)14(15)5-7-18-8-6-14/h10-12H,3-9,15H2,1-2H3,(H,16,17). The summed E-state index contributed by atoms with van der Waals surface area (Å²) >= 11 is 0. The zero-order valence-electron chi connectivity index (χ0n) is 11.6. The summed E-state index contributed by atoms with van der Waals surface area (Å²) in [5.41, 5.74) is 5.49. The van der Waals surface area contributed by atoms with Crippen LogP contribution in [0.2, 0.25) is 0 Å². The average molecular weight is 254 g/mol. The lowest BCUT2D eigenvalue weighted by Gasteiger charge is -2.37. The quantitative estimate of drug-likeness (QED) is 0.783. The van der Waals surface area contributed by atoms with Crippen molar-refractivity contribution < 1.29 is 9.53 Å². The summed E-state index contributed by atoms with van der Waals surface area (Å²) in [5.74, 6) is 1.36. The van der Waals surface area contributed by atoms with E-state index in [2.05, 4.69) is 19.2 Å². The summed E-state index contributed by atoms with van der Waals surface area (Å²) in [6, 6.07) is 0.303. The van der Waals surface area contributed by atoms with Gasteiger partial charge in [0.1, 0.15) is 0 Å². The SMILES string of the molecule is CC1CCC(NC(=O)C2(N)CCOCC2)C(C)C1. The third kappa shape index (κ3) is 3.04. The van der Waals surface area contributed by atoms with Crippen LogP contribution < -0.4 is 11.1 Å². The second-order valence-corrected chi connectivity index (χ2v) is 6.24. The Morgan fingerprint density at radius 1 is 1.28 bits per heavy atom. The van der Waals surface area contributed by atoms with Gasteiger partial charge in [-0.1, -0.05) is 13.8 Å². The van der Waals surface area contributed by atoms with Gasteiger partial charge in [0, 0.05) is 19.3 Å². The number of carbonyl (C=O) groups is 1. The molecule has 4 heteroatoms. The summed E-state index contributed by atoms with van der Waals surface area (Å²) in [5, 5.41) is 3.18. The molecule has 1 amide bonds. The average Bonchev–Trinajstić information content (AvgIpc) is 2.33. The van der Waals surface area contributed by atoms with Crippen LogP contribution >= 0.6 is 0 Å². The highest BCUT2D eigenvalue weighted by molar-refractivity contribution is 5.86. The molecule has 3 N–H and O–H groups in total. The molecule has 2 fully saturated rings. The van der Waals surface area contributed by atoms with Gasteiger partial charge >= 0.3 is 0 Å². The first-order valence-electron chi connectivity index (χ1n) is 7.19. The summed E-state index contributed by atoms with van der Waals surface area (Å²) in [7, 11) is 0. The Bertz CT molecular complexity index is 300. The predicted octanol–water partition coefficient (Wildman–Crippen LogP) is 1.44. The largest absolute Gasteiger partial charge is 0.381 e. The van der Waals surface area contributed by atoms with Crippen LogP contribution in [0.5, 0.6) is 0 Å². The fourth-order valence-corrected chi connectivity index (χ4v) is 3.15. The molecule has 104 valence electrons. The molecule has 2 rings (SSSR count). The van der Waals surface area contributed by atoms with Gasteiger partial charge in [-0.25, -0.2) is 0 Å². The van der Waals surface area contributed by atoms with E-state index < -0.39 is 5.54 Å². The predicted molar refractivity (Wildman–Crippen MR) is 71.1 cm³/mol. The molecule has 0 bridgehead atoms. The van der Waals surface area contributed by atoms with Crippen molar-refractivity contribution >= 4 is 5.91 Å². The van der Waals surface area contributed by atoms with Crippen molar-refractivity contribution in [3.8, 4) is 0 Å². The van der Waals surface area contributed by atoms with E-state index in [1.807, 2.05) is 0 Å². The van der Waals surface area contributed by atoms with E-state index in [0.29, 0.717) is 38.0 Å². The molecule has 18 heavy (non-hydrogen) atoms. The fraction of sp³-hybridized carbons (Fsp3) is 0.929.